The van der Waals surface area contributed by atoms with Crippen LogP contribution in [0.3, 0.4) is 0 Å². The first-order valence-corrected chi connectivity index (χ1v) is 11.3. The number of benzene rings is 1. The molecule has 10 heteroatoms. The highest BCUT2D eigenvalue weighted by Gasteiger charge is 2.30. The maximum atomic E-state index is 12.6. The SMILES string of the molecule is CSc1nnc(NC(=O)C(C)N(c2cc(C)cc(C)c2)S(C)(=O)=O)s1. The Bertz CT molecular complexity index is 860. The highest BCUT2D eigenvalue weighted by molar-refractivity contribution is 8.00. The molecular formula is C15H20N4O3S3. The van der Waals surface area contributed by atoms with Crippen LogP contribution < -0.4 is 9.62 Å². The molecule has 1 atom stereocenters. The minimum Gasteiger partial charge on any atom is -0.299 e. The molecule has 0 spiro atoms. The fraction of sp³-hybridized carbons (Fsp3) is 0.400. The van der Waals surface area contributed by atoms with Crippen molar-refractivity contribution in [2.75, 3.05) is 22.1 Å². The molecule has 2 rings (SSSR count). The van der Waals surface area contributed by atoms with E-state index in [1.165, 1.54) is 23.1 Å². The van der Waals surface area contributed by atoms with Gasteiger partial charge in [0.05, 0.1) is 11.9 Å². The highest BCUT2D eigenvalue weighted by atomic mass is 32.2. The van der Waals surface area contributed by atoms with Crippen molar-refractivity contribution >= 4 is 49.8 Å². The van der Waals surface area contributed by atoms with Crippen molar-refractivity contribution in [1.82, 2.24) is 10.2 Å². The number of rotatable bonds is 6. The normalized spacial score (nSPS) is 12.7. The van der Waals surface area contributed by atoms with E-state index in [1.807, 2.05) is 26.2 Å². The van der Waals surface area contributed by atoms with Gasteiger partial charge >= 0.3 is 0 Å². The minimum atomic E-state index is -3.65. The fourth-order valence-corrected chi connectivity index (χ4v) is 4.77. The van der Waals surface area contributed by atoms with Gasteiger partial charge in [-0.25, -0.2) is 8.42 Å². The van der Waals surface area contributed by atoms with Gasteiger partial charge in [0.25, 0.3) is 0 Å². The van der Waals surface area contributed by atoms with Crippen LogP contribution in [0.2, 0.25) is 0 Å². The molecule has 1 aromatic carbocycles. The van der Waals surface area contributed by atoms with Gasteiger partial charge < -0.3 is 0 Å². The van der Waals surface area contributed by atoms with Crippen molar-refractivity contribution in [3.63, 3.8) is 0 Å². The summed E-state index contributed by atoms with van der Waals surface area (Å²) >= 11 is 2.66. The zero-order chi connectivity index (χ0) is 18.8. The number of carbonyl (C=O) groups is 1. The maximum absolute atomic E-state index is 12.6. The van der Waals surface area contributed by atoms with E-state index >= 15 is 0 Å². The molecule has 0 saturated carbocycles. The van der Waals surface area contributed by atoms with Crippen molar-refractivity contribution in [3.8, 4) is 0 Å². The Morgan fingerprint density at radius 1 is 1.24 bits per heavy atom. The predicted molar refractivity (Wildman–Crippen MR) is 103 cm³/mol. The first-order valence-electron chi connectivity index (χ1n) is 7.38. The molecule has 0 aliphatic heterocycles. The van der Waals surface area contributed by atoms with Crippen LogP contribution in [-0.2, 0) is 14.8 Å². The van der Waals surface area contributed by atoms with Gasteiger partial charge in [0.1, 0.15) is 6.04 Å². The van der Waals surface area contributed by atoms with Gasteiger partial charge in [-0.2, -0.15) is 0 Å². The third-order valence-corrected chi connectivity index (χ3v) is 6.42. The molecular weight excluding hydrogens is 380 g/mol. The van der Waals surface area contributed by atoms with Crippen molar-refractivity contribution < 1.29 is 13.2 Å². The summed E-state index contributed by atoms with van der Waals surface area (Å²) in [6.07, 6.45) is 2.95. The molecule has 25 heavy (non-hydrogen) atoms. The number of anilines is 2. The minimum absolute atomic E-state index is 0.343. The lowest BCUT2D eigenvalue weighted by molar-refractivity contribution is -0.116. The molecule has 0 bridgehead atoms. The van der Waals surface area contributed by atoms with Crippen LogP contribution >= 0.6 is 23.1 Å². The molecule has 1 heterocycles. The summed E-state index contributed by atoms with van der Waals surface area (Å²) in [4.78, 5) is 12.6. The summed E-state index contributed by atoms with van der Waals surface area (Å²) in [7, 11) is -3.65. The third-order valence-electron chi connectivity index (χ3n) is 3.36. The lowest BCUT2D eigenvalue weighted by atomic mass is 10.1. The Morgan fingerprint density at radius 3 is 2.32 bits per heavy atom. The number of aromatic nitrogens is 2. The Labute approximate surface area is 155 Å². The topological polar surface area (TPSA) is 92.3 Å². The Balaban J connectivity index is 2.32. The molecule has 0 aliphatic rings. The summed E-state index contributed by atoms with van der Waals surface area (Å²) in [6, 6.07) is 4.50. The van der Waals surface area contributed by atoms with Crippen molar-refractivity contribution in [1.29, 1.82) is 0 Å². The number of nitrogens with zero attached hydrogens (tertiary/aromatic N) is 3. The van der Waals surface area contributed by atoms with Crippen LogP contribution in [0.5, 0.6) is 0 Å². The summed E-state index contributed by atoms with van der Waals surface area (Å²) in [5, 5.41) is 10.8. The van der Waals surface area contributed by atoms with Gasteiger partial charge in [-0.1, -0.05) is 29.2 Å². The molecule has 0 aliphatic carbocycles. The molecule has 2 aromatic rings. The second-order valence-corrected chi connectivity index (χ2v) is 9.54. The van der Waals surface area contributed by atoms with Crippen LogP contribution in [0.25, 0.3) is 0 Å². The van der Waals surface area contributed by atoms with E-state index in [1.54, 1.807) is 19.1 Å². The first kappa shape index (κ1) is 19.7. The second-order valence-electron chi connectivity index (χ2n) is 5.65. The molecule has 1 N–H and O–H groups in total. The highest BCUT2D eigenvalue weighted by Crippen LogP contribution is 2.26. The summed E-state index contributed by atoms with van der Waals surface area (Å²) in [5.41, 5.74) is 2.31. The van der Waals surface area contributed by atoms with Gasteiger partial charge in [-0.05, 0) is 50.3 Å². The Kier molecular flexibility index (Phi) is 6.07. The molecule has 1 aromatic heterocycles. The van der Waals surface area contributed by atoms with Crippen LogP contribution in [0.4, 0.5) is 10.8 Å². The molecule has 136 valence electrons. The van der Waals surface area contributed by atoms with Crippen molar-refractivity contribution in [2.24, 2.45) is 0 Å². The van der Waals surface area contributed by atoms with Gasteiger partial charge in [0, 0.05) is 0 Å². The quantitative estimate of drug-likeness (QED) is 0.592. The second kappa shape index (κ2) is 7.71. The zero-order valence-corrected chi connectivity index (χ0v) is 17.1. The maximum Gasteiger partial charge on any atom is 0.249 e. The van der Waals surface area contributed by atoms with Crippen LogP contribution in [0.1, 0.15) is 18.1 Å². The molecule has 0 saturated heterocycles. The number of carbonyl (C=O) groups excluding carboxylic acids is 1. The first-order chi connectivity index (χ1) is 11.6. The smallest absolute Gasteiger partial charge is 0.249 e. The van der Waals surface area contributed by atoms with Crippen LogP contribution in [-0.4, -0.2) is 43.1 Å². The number of nitrogens with one attached hydrogen (secondary N) is 1. The number of hydrogen-bond donors (Lipinski definition) is 1. The fourth-order valence-electron chi connectivity index (χ4n) is 2.44. The van der Waals surface area contributed by atoms with Crippen LogP contribution in [0.15, 0.2) is 22.5 Å². The molecule has 1 amide bonds. The molecule has 0 radical (unpaired) electrons. The van der Waals surface area contributed by atoms with Crippen molar-refractivity contribution in [2.45, 2.75) is 31.2 Å². The summed E-state index contributed by atoms with van der Waals surface area (Å²) < 4.78 is 26.5. The number of aryl methyl sites for hydroxylation is 2. The average Bonchev–Trinajstić information content (AvgIpc) is 2.92. The van der Waals surface area contributed by atoms with Gasteiger partial charge in [-0.15, -0.1) is 10.2 Å². The summed E-state index contributed by atoms with van der Waals surface area (Å²) in [6.45, 7) is 5.31. The number of hydrogen-bond acceptors (Lipinski definition) is 7. The van der Waals surface area contributed by atoms with E-state index < -0.39 is 22.0 Å². The van der Waals surface area contributed by atoms with E-state index in [0.29, 0.717) is 10.8 Å². The lowest BCUT2D eigenvalue weighted by Gasteiger charge is -2.28. The van der Waals surface area contributed by atoms with Crippen molar-refractivity contribution in [3.05, 3.63) is 29.3 Å². The number of thioether (sulfide) groups is 1. The molecule has 1 unspecified atom stereocenters. The summed E-state index contributed by atoms with van der Waals surface area (Å²) in [5.74, 6) is -0.464. The van der Waals surface area contributed by atoms with Gasteiger partial charge in [0.2, 0.25) is 21.1 Å². The Morgan fingerprint density at radius 2 is 1.84 bits per heavy atom. The van der Waals surface area contributed by atoms with E-state index in [4.69, 9.17) is 0 Å². The monoisotopic (exact) mass is 400 g/mol. The number of sulfonamides is 1. The average molecular weight is 401 g/mol. The van der Waals surface area contributed by atoms with E-state index in [2.05, 4.69) is 15.5 Å². The van der Waals surface area contributed by atoms with E-state index in [-0.39, 0.29) is 0 Å². The third kappa shape index (κ3) is 4.93. The zero-order valence-electron chi connectivity index (χ0n) is 14.6. The standard InChI is InChI=1S/C15H20N4O3S3/c1-9-6-10(2)8-12(7-9)19(25(5,21)22)11(3)13(20)16-14-17-18-15(23-4)24-14/h6-8,11H,1-5H3,(H,16,17,20). The predicted octanol–water partition coefficient (Wildman–Crippen LogP) is 2.67. The molecule has 0 fully saturated rings. The van der Waals surface area contributed by atoms with E-state index in [0.717, 1.165) is 26.0 Å². The van der Waals surface area contributed by atoms with Crippen LogP contribution in [0, 0.1) is 13.8 Å². The molecule has 7 nitrogen and oxygen atoms in total. The largest absolute Gasteiger partial charge is 0.299 e. The van der Waals surface area contributed by atoms with Gasteiger partial charge in [-0.3, -0.25) is 14.4 Å². The lowest BCUT2D eigenvalue weighted by Crippen LogP contribution is -2.45. The Hall–Kier alpha value is -1.65. The number of amides is 1. The van der Waals surface area contributed by atoms with Gasteiger partial charge in [0.15, 0.2) is 4.34 Å². The van der Waals surface area contributed by atoms with E-state index in [9.17, 15) is 13.2 Å².